The summed E-state index contributed by atoms with van der Waals surface area (Å²) in [6.45, 7) is 0. The predicted octanol–water partition coefficient (Wildman–Crippen LogP) is 2.48. The predicted molar refractivity (Wildman–Crippen MR) is 108 cm³/mol. The molecule has 3 rings (SSSR count). The summed E-state index contributed by atoms with van der Waals surface area (Å²) < 4.78 is 13.0. The number of hydrogen-bond donors (Lipinski definition) is 3. The minimum absolute atomic E-state index is 0.152. The van der Waals surface area contributed by atoms with E-state index in [9.17, 15) is 18.8 Å². The van der Waals surface area contributed by atoms with Crippen LogP contribution in [0.1, 0.15) is 21.6 Å². The van der Waals surface area contributed by atoms with E-state index in [-0.39, 0.29) is 29.1 Å². The third kappa shape index (κ3) is 5.76. The van der Waals surface area contributed by atoms with Crippen LogP contribution in [0.4, 0.5) is 10.1 Å². The molecule has 3 aromatic rings. The Morgan fingerprint density at radius 1 is 1.14 bits per heavy atom. The van der Waals surface area contributed by atoms with Crippen LogP contribution < -0.4 is 16.6 Å². The van der Waals surface area contributed by atoms with Crippen LogP contribution in [0.3, 0.4) is 0 Å². The van der Waals surface area contributed by atoms with E-state index in [1.807, 2.05) is 0 Å². The van der Waals surface area contributed by atoms with E-state index < -0.39 is 11.8 Å². The number of aromatic nitrogens is 2. The Labute approximate surface area is 169 Å². The third-order valence-corrected chi connectivity index (χ3v) is 4.81. The maximum absolute atomic E-state index is 13.0. The number of benzene rings is 2. The fourth-order valence-corrected chi connectivity index (χ4v) is 3.39. The summed E-state index contributed by atoms with van der Waals surface area (Å²) in [7, 11) is 0. The third-order valence-electron chi connectivity index (χ3n) is 3.87. The first kappa shape index (κ1) is 20.3. The summed E-state index contributed by atoms with van der Waals surface area (Å²) in [5.74, 6) is -0.942. The first-order valence-corrected chi connectivity index (χ1v) is 9.55. The van der Waals surface area contributed by atoms with Gasteiger partial charge in [-0.1, -0.05) is 36.0 Å². The van der Waals surface area contributed by atoms with Gasteiger partial charge < -0.3 is 16.0 Å². The SMILES string of the molecule is NC(=O)c1ccccc1NC(=O)Cc1cc(=O)[nH]c(SCc2ccc(F)cc2)n1. The van der Waals surface area contributed by atoms with Crippen molar-refractivity contribution in [2.45, 2.75) is 17.3 Å². The van der Waals surface area contributed by atoms with Crippen LogP contribution in [0.15, 0.2) is 64.5 Å². The second-order valence-electron chi connectivity index (χ2n) is 6.09. The van der Waals surface area contributed by atoms with Crippen molar-refractivity contribution >= 4 is 29.3 Å². The van der Waals surface area contributed by atoms with Crippen LogP contribution in [-0.2, 0) is 17.0 Å². The molecule has 2 amide bonds. The maximum atomic E-state index is 13.0. The van der Waals surface area contributed by atoms with Gasteiger partial charge in [0.05, 0.1) is 23.4 Å². The molecule has 0 aliphatic carbocycles. The molecule has 0 unspecified atom stereocenters. The second-order valence-corrected chi connectivity index (χ2v) is 7.06. The number of para-hydroxylation sites is 1. The normalized spacial score (nSPS) is 10.5. The lowest BCUT2D eigenvalue weighted by Crippen LogP contribution is -2.21. The lowest BCUT2D eigenvalue weighted by Gasteiger charge is -2.09. The number of amides is 2. The zero-order valence-corrected chi connectivity index (χ0v) is 16.0. The summed E-state index contributed by atoms with van der Waals surface area (Å²) >= 11 is 1.26. The van der Waals surface area contributed by atoms with Gasteiger partial charge in [-0.3, -0.25) is 14.4 Å². The van der Waals surface area contributed by atoms with Crippen molar-refractivity contribution in [3.8, 4) is 0 Å². The number of aromatic amines is 1. The van der Waals surface area contributed by atoms with E-state index in [2.05, 4.69) is 15.3 Å². The number of H-pyrrole nitrogens is 1. The van der Waals surface area contributed by atoms with Crippen LogP contribution >= 0.6 is 11.8 Å². The fourth-order valence-electron chi connectivity index (χ4n) is 2.54. The molecule has 0 atom stereocenters. The standard InChI is InChI=1S/C20H17FN4O3S/c21-13-7-5-12(6-8-13)11-29-20-23-14(10-18(27)25-20)9-17(26)24-16-4-2-1-3-15(16)19(22)28/h1-8,10H,9,11H2,(H2,22,28)(H,24,26)(H,23,25,27). The van der Waals surface area contributed by atoms with Crippen LogP contribution in [0.25, 0.3) is 0 Å². The van der Waals surface area contributed by atoms with Gasteiger partial charge in [0, 0.05) is 11.8 Å². The van der Waals surface area contributed by atoms with Crippen molar-refractivity contribution in [2.24, 2.45) is 5.73 Å². The highest BCUT2D eigenvalue weighted by Gasteiger charge is 2.12. The molecular weight excluding hydrogens is 395 g/mol. The average Bonchev–Trinajstić information content (AvgIpc) is 2.67. The molecule has 148 valence electrons. The number of nitrogens with zero attached hydrogens (tertiary/aromatic N) is 1. The quantitative estimate of drug-likeness (QED) is 0.407. The molecule has 0 radical (unpaired) electrons. The Balaban J connectivity index is 1.68. The monoisotopic (exact) mass is 412 g/mol. The Bertz CT molecular complexity index is 1100. The minimum Gasteiger partial charge on any atom is -0.366 e. The molecule has 4 N–H and O–H groups in total. The van der Waals surface area contributed by atoms with Crippen molar-refractivity contribution in [3.05, 3.63) is 87.6 Å². The van der Waals surface area contributed by atoms with E-state index >= 15 is 0 Å². The summed E-state index contributed by atoms with van der Waals surface area (Å²) in [4.78, 5) is 42.6. The highest BCUT2D eigenvalue weighted by molar-refractivity contribution is 7.98. The van der Waals surface area contributed by atoms with E-state index in [0.717, 1.165) is 5.56 Å². The van der Waals surface area contributed by atoms with Crippen molar-refractivity contribution < 1.29 is 14.0 Å². The zero-order valence-electron chi connectivity index (χ0n) is 15.1. The Hall–Kier alpha value is -3.46. The number of carbonyl (C=O) groups is 2. The van der Waals surface area contributed by atoms with E-state index in [4.69, 9.17) is 5.73 Å². The zero-order chi connectivity index (χ0) is 20.8. The molecule has 0 aliphatic rings. The van der Waals surface area contributed by atoms with Crippen molar-refractivity contribution in [1.82, 2.24) is 9.97 Å². The molecule has 0 fully saturated rings. The smallest absolute Gasteiger partial charge is 0.251 e. The fraction of sp³-hybridized carbons (Fsp3) is 0.100. The number of anilines is 1. The number of nitrogens with one attached hydrogen (secondary N) is 2. The number of primary amides is 1. The van der Waals surface area contributed by atoms with Crippen molar-refractivity contribution in [1.29, 1.82) is 0 Å². The van der Waals surface area contributed by atoms with Gasteiger partial charge >= 0.3 is 0 Å². The first-order valence-electron chi connectivity index (χ1n) is 8.57. The molecule has 0 saturated heterocycles. The molecule has 9 heteroatoms. The molecule has 0 bridgehead atoms. The minimum atomic E-state index is -0.658. The Morgan fingerprint density at radius 3 is 2.59 bits per heavy atom. The first-order chi connectivity index (χ1) is 13.9. The van der Waals surface area contributed by atoms with Gasteiger partial charge in [0.2, 0.25) is 5.91 Å². The second kappa shape index (κ2) is 9.16. The lowest BCUT2D eigenvalue weighted by molar-refractivity contribution is -0.115. The van der Waals surface area contributed by atoms with Crippen molar-refractivity contribution in [3.63, 3.8) is 0 Å². The van der Waals surface area contributed by atoms with Crippen LogP contribution in [0.2, 0.25) is 0 Å². The van der Waals surface area contributed by atoms with Gasteiger partial charge in [0.15, 0.2) is 5.16 Å². The van der Waals surface area contributed by atoms with Gasteiger partial charge in [-0.2, -0.15) is 0 Å². The topological polar surface area (TPSA) is 118 Å². The van der Waals surface area contributed by atoms with E-state index in [0.29, 0.717) is 16.6 Å². The number of carbonyl (C=O) groups excluding carboxylic acids is 2. The highest BCUT2D eigenvalue weighted by Crippen LogP contribution is 2.19. The van der Waals surface area contributed by atoms with E-state index in [1.54, 1.807) is 30.3 Å². The Kier molecular flexibility index (Phi) is 6.40. The molecular formula is C20H17FN4O3S. The number of nitrogens with two attached hydrogens (primary N) is 1. The molecule has 0 aliphatic heterocycles. The average molecular weight is 412 g/mol. The van der Waals surface area contributed by atoms with Gasteiger partial charge in [-0.05, 0) is 29.8 Å². The largest absolute Gasteiger partial charge is 0.366 e. The maximum Gasteiger partial charge on any atom is 0.251 e. The van der Waals surface area contributed by atoms with Gasteiger partial charge in [-0.25, -0.2) is 9.37 Å². The molecule has 0 saturated carbocycles. The Morgan fingerprint density at radius 2 is 1.86 bits per heavy atom. The molecule has 1 heterocycles. The number of hydrogen-bond acceptors (Lipinski definition) is 5. The van der Waals surface area contributed by atoms with Crippen LogP contribution in [-0.4, -0.2) is 21.8 Å². The highest BCUT2D eigenvalue weighted by atomic mass is 32.2. The number of rotatable bonds is 7. The van der Waals surface area contributed by atoms with Gasteiger partial charge in [0.1, 0.15) is 5.82 Å². The molecule has 7 nitrogen and oxygen atoms in total. The number of thioether (sulfide) groups is 1. The van der Waals surface area contributed by atoms with E-state index in [1.165, 1.54) is 36.0 Å². The molecule has 1 aromatic heterocycles. The summed E-state index contributed by atoms with van der Waals surface area (Å²) in [6, 6.07) is 13.6. The van der Waals surface area contributed by atoms with Crippen LogP contribution in [0, 0.1) is 5.82 Å². The molecule has 0 spiro atoms. The molecule has 2 aromatic carbocycles. The lowest BCUT2D eigenvalue weighted by atomic mass is 10.1. The van der Waals surface area contributed by atoms with Gasteiger partial charge in [-0.15, -0.1) is 0 Å². The molecule has 29 heavy (non-hydrogen) atoms. The summed E-state index contributed by atoms with van der Waals surface area (Å²) in [5, 5.41) is 2.96. The summed E-state index contributed by atoms with van der Waals surface area (Å²) in [5.41, 5.74) is 6.54. The number of halogens is 1. The van der Waals surface area contributed by atoms with Crippen molar-refractivity contribution in [2.75, 3.05) is 5.32 Å². The summed E-state index contributed by atoms with van der Waals surface area (Å²) in [6.07, 6.45) is -0.152. The van der Waals surface area contributed by atoms with Gasteiger partial charge in [0.25, 0.3) is 11.5 Å². The van der Waals surface area contributed by atoms with Crippen LogP contribution in [0.5, 0.6) is 0 Å².